The van der Waals surface area contributed by atoms with Gasteiger partial charge in [-0.2, -0.15) is 5.10 Å². The quantitative estimate of drug-likeness (QED) is 0.387. The average Bonchev–Trinajstić information content (AvgIpc) is 2.99. The van der Waals surface area contributed by atoms with E-state index < -0.39 is 0 Å². The van der Waals surface area contributed by atoms with Crippen molar-refractivity contribution in [2.75, 3.05) is 6.61 Å². The van der Waals surface area contributed by atoms with Crippen LogP contribution in [0.3, 0.4) is 0 Å². The summed E-state index contributed by atoms with van der Waals surface area (Å²) < 4.78 is 7.42. The second-order valence-electron chi connectivity index (χ2n) is 6.80. The number of aryl methyl sites for hydroxylation is 1. The molecule has 1 N–H and O–H groups in total. The molecular weight excluding hydrogens is 421 g/mol. The number of hydrazone groups is 1. The number of nitrogens with one attached hydrogen (secondary N) is 1. The smallest absolute Gasteiger partial charge is 0.244 e. The Morgan fingerprint density at radius 1 is 1.13 bits per heavy atom. The van der Waals surface area contributed by atoms with Crippen LogP contribution in [0.2, 0.25) is 10.0 Å². The van der Waals surface area contributed by atoms with Gasteiger partial charge in [0.2, 0.25) is 5.91 Å². The SMILES string of the molecule is CCOc1ccc(CC(=O)N/N=C\c2cc(C)n(-c3cc(Cl)ccc3Cl)c2C)cc1. The summed E-state index contributed by atoms with van der Waals surface area (Å²) in [6.45, 7) is 6.48. The number of hydrogen-bond acceptors (Lipinski definition) is 3. The summed E-state index contributed by atoms with van der Waals surface area (Å²) in [5.74, 6) is 0.594. The number of rotatable bonds is 7. The number of halogens is 2. The van der Waals surface area contributed by atoms with Crippen molar-refractivity contribution in [1.82, 2.24) is 9.99 Å². The normalized spacial score (nSPS) is 11.1. The van der Waals surface area contributed by atoms with Gasteiger partial charge in [-0.1, -0.05) is 35.3 Å². The van der Waals surface area contributed by atoms with Gasteiger partial charge in [-0.3, -0.25) is 4.79 Å². The molecule has 0 saturated heterocycles. The van der Waals surface area contributed by atoms with Crippen LogP contribution in [0.1, 0.15) is 29.4 Å². The van der Waals surface area contributed by atoms with Gasteiger partial charge in [0.25, 0.3) is 0 Å². The molecule has 1 heterocycles. The lowest BCUT2D eigenvalue weighted by Crippen LogP contribution is -2.19. The van der Waals surface area contributed by atoms with Gasteiger partial charge in [0.05, 0.1) is 30.0 Å². The monoisotopic (exact) mass is 443 g/mol. The molecule has 156 valence electrons. The number of benzene rings is 2. The Kier molecular flexibility index (Phi) is 7.19. The van der Waals surface area contributed by atoms with E-state index in [0.717, 1.165) is 34.0 Å². The highest BCUT2D eigenvalue weighted by atomic mass is 35.5. The maximum absolute atomic E-state index is 12.2. The van der Waals surface area contributed by atoms with Gasteiger partial charge in [-0.15, -0.1) is 0 Å². The second kappa shape index (κ2) is 9.83. The molecule has 7 heteroatoms. The van der Waals surface area contributed by atoms with E-state index in [1.807, 2.05) is 61.7 Å². The first-order valence-corrected chi connectivity index (χ1v) is 10.3. The van der Waals surface area contributed by atoms with Crippen molar-refractivity contribution in [2.24, 2.45) is 5.10 Å². The molecule has 0 atom stereocenters. The van der Waals surface area contributed by atoms with Crippen LogP contribution in [-0.4, -0.2) is 23.3 Å². The van der Waals surface area contributed by atoms with Crippen LogP contribution < -0.4 is 10.2 Å². The Morgan fingerprint density at radius 2 is 1.87 bits per heavy atom. The van der Waals surface area contributed by atoms with E-state index >= 15 is 0 Å². The number of carbonyl (C=O) groups excluding carboxylic acids is 1. The molecule has 1 aromatic heterocycles. The lowest BCUT2D eigenvalue weighted by molar-refractivity contribution is -0.120. The standard InChI is InChI=1S/C23H23Cl2N3O2/c1-4-30-20-8-5-17(6-9-20)12-23(29)27-26-14-18-11-15(2)28(16(18)3)22-13-19(24)7-10-21(22)25/h5-11,13-14H,4,12H2,1-3H3,(H,27,29)/b26-14-. The average molecular weight is 444 g/mol. The number of hydrogen-bond donors (Lipinski definition) is 1. The zero-order valence-corrected chi connectivity index (χ0v) is 18.6. The number of aromatic nitrogens is 1. The summed E-state index contributed by atoms with van der Waals surface area (Å²) in [6, 6.07) is 14.8. The van der Waals surface area contributed by atoms with Gasteiger partial charge in [-0.05, 0) is 62.7 Å². The first kappa shape index (κ1) is 21.9. The maximum atomic E-state index is 12.2. The maximum Gasteiger partial charge on any atom is 0.244 e. The van der Waals surface area contributed by atoms with E-state index in [9.17, 15) is 4.79 Å². The number of carbonyl (C=O) groups is 1. The highest BCUT2D eigenvalue weighted by Gasteiger charge is 2.13. The number of ether oxygens (including phenoxy) is 1. The topological polar surface area (TPSA) is 55.6 Å². The van der Waals surface area contributed by atoms with Gasteiger partial charge in [0, 0.05) is 22.0 Å². The largest absolute Gasteiger partial charge is 0.494 e. The molecule has 0 aliphatic rings. The molecule has 5 nitrogen and oxygen atoms in total. The second-order valence-corrected chi connectivity index (χ2v) is 7.65. The molecule has 0 saturated carbocycles. The fourth-order valence-electron chi connectivity index (χ4n) is 3.22. The van der Waals surface area contributed by atoms with Gasteiger partial charge < -0.3 is 9.30 Å². The summed E-state index contributed by atoms with van der Waals surface area (Å²) >= 11 is 12.5. The van der Waals surface area contributed by atoms with Crippen LogP contribution in [0.4, 0.5) is 0 Å². The van der Waals surface area contributed by atoms with E-state index in [1.54, 1.807) is 18.3 Å². The van der Waals surface area contributed by atoms with Crippen molar-refractivity contribution >= 4 is 35.3 Å². The zero-order chi connectivity index (χ0) is 21.7. The van der Waals surface area contributed by atoms with Crippen molar-refractivity contribution in [2.45, 2.75) is 27.2 Å². The fraction of sp³-hybridized carbons (Fsp3) is 0.217. The Hall–Kier alpha value is -2.76. The van der Waals surface area contributed by atoms with Gasteiger partial charge >= 0.3 is 0 Å². The fourth-order valence-corrected chi connectivity index (χ4v) is 3.58. The Labute approximate surface area is 186 Å². The molecule has 0 aliphatic heterocycles. The van der Waals surface area contributed by atoms with E-state index in [1.165, 1.54) is 0 Å². The Bertz CT molecular complexity index is 1070. The Balaban J connectivity index is 1.68. The highest BCUT2D eigenvalue weighted by Crippen LogP contribution is 2.28. The molecule has 1 amide bonds. The minimum absolute atomic E-state index is 0.192. The van der Waals surface area contributed by atoms with Crippen LogP contribution >= 0.6 is 23.2 Å². The minimum Gasteiger partial charge on any atom is -0.494 e. The predicted molar refractivity (Wildman–Crippen MR) is 122 cm³/mol. The van der Waals surface area contributed by atoms with E-state index in [4.69, 9.17) is 27.9 Å². The molecule has 2 aromatic carbocycles. The molecule has 0 unspecified atom stereocenters. The van der Waals surface area contributed by atoms with Crippen LogP contribution in [-0.2, 0) is 11.2 Å². The van der Waals surface area contributed by atoms with Gasteiger partial charge in [-0.25, -0.2) is 5.43 Å². The van der Waals surface area contributed by atoms with Crippen molar-refractivity contribution in [1.29, 1.82) is 0 Å². The molecule has 0 bridgehead atoms. The van der Waals surface area contributed by atoms with E-state index in [-0.39, 0.29) is 12.3 Å². The molecule has 0 aliphatic carbocycles. The first-order chi connectivity index (χ1) is 14.4. The van der Waals surface area contributed by atoms with Crippen molar-refractivity contribution in [3.05, 3.63) is 81.1 Å². The van der Waals surface area contributed by atoms with Crippen LogP contribution in [0.5, 0.6) is 5.75 Å². The molecular formula is C23H23Cl2N3O2. The van der Waals surface area contributed by atoms with Gasteiger partial charge in [0.15, 0.2) is 0 Å². The van der Waals surface area contributed by atoms with E-state index in [0.29, 0.717) is 16.7 Å². The number of nitrogens with zero attached hydrogens (tertiary/aromatic N) is 2. The first-order valence-electron chi connectivity index (χ1n) is 9.57. The van der Waals surface area contributed by atoms with Gasteiger partial charge in [0.1, 0.15) is 5.75 Å². The molecule has 0 radical (unpaired) electrons. The summed E-state index contributed by atoms with van der Waals surface area (Å²) in [5, 5.41) is 5.33. The Morgan fingerprint density at radius 3 is 2.57 bits per heavy atom. The summed E-state index contributed by atoms with van der Waals surface area (Å²) in [4.78, 5) is 12.2. The summed E-state index contributed by atoms with van der Waals surface area (Å²) in [5.41, 5.74) is 7.08. The van der Waals surface area contributed by atoms with E-state index in [2.05, 4.69) is 10.5 Å². The van der Waals surface area contributed by atoms with Crippen LogP contribution in [0.25, 0.3) is 5.69 Å². The molecule has 0 spiro atoms. The zero-order valence-electron chi connectivity index (χ0n) is 17.1. The molecule has 3 aromatic rings. The lowest BCUT2D eigenvalue weighted by Gasteiger charge is -2.12. The third-order valence-corrected chi connectivity index (χ3v) is 5.17. The summed E-state index contributed by atoms with van der Waals surface area (Å²) in [7, 11) is 0. The van der Waals surface area contributed by atoms with Crippen LogP contribution in [0.15, 0.2) is 53.6 Å². The molecule has 0 fully saturated rings. The lowest BCUT2D eigenvalue weighted by atomic mass is 10.1. The van der Waals surface area contributed by atoms with Crippen molar-refractivity contribution in [3.63, 3.8) is 0 Å². The third-order valence-electron chi connectivity index (χ3n) is 4.61. The predicted octanol–water partition coefficient (Wildman–Crippen LogP) is 5.49. The molecule has 3 rings (SSSR count). The van der Waals surface area contributed by atoms with Crippen molar-refractivity contribution in [3.8, 4) is 11.4 Å². The summed E-state index contributed by atoms with van der Waals surface area (Å²) in [6.07, 6.45) is 1.87. The van der Waals surface area contributed by atoms with Crippen LogP contribution in [0, 0.1) is 13.8 Å². The third kappa shape index (κ3) is 5.23. The highest BCUT2D eigenvalue weighted by molar-refractivity contribution is 6.34. The molecule has 30 heavy (non-hydrogen) atoms. The van der Waals surface area contributed by atoms with Crippen molar-refractivity contribution < 1.29 is 9.53 Å². The minimum atomic E-state index is -0.192. The number of amides is 1.